The van der Waals surface area contributed by atoms with Crippen LogP contribution in [0.25, 0.3) is 57.0 Å². The topological polar surface area (TPSA) is 58.9 Å². The molecule has 0 aliphatic carbocycles. The van der Waals surface area contributed by atoms with Gasteiger partial charge in [0, 0.05) is 22.3 Å². The third kappa shape index (κ3) is 5.19. The summed E-state index contributed by atoms with van der Waals surface area (Å²) in [6, 6.07) is 36.9. The highest BCUT2D eigenvalue weighted by Crippen LogP contribution is 2.50. The Bertz CT molecular complexity index is 1850. The maximum absolute atomic E-state index is 9.42. The van der Waals surface area contributed by atoms with Crippen LogP contribution in [0.3, 0.4) is 0 Å². The van der Waals surface area contributed by atoms with Gasteiger partial charge in [-0.1, -0.05) is 121 Å². The standard InChI is InChI=1S/C39H30O4/c40-23-28-13-9-26(10-14-28)17-19-32-21-30-5-1-3-7-34(30)36-37-35-8-4-2-6-31(35)22-33(39(37)43-25-42-38(32)36)20-18-27-11-15-29(24-41)16-12-27/h1-22,40-41H,23-25H2/b19-17-,20-18-. The second-order valence-corrected chi connectivity index (χ2v) is 10.7. The number of benzene rings is 6. The molecule has 43 heavy (non-hydrogen) atoms. The summed E-state index contributed by atoms with van der Waals surface area (Å²) in [4.78, 5) is 0. The van der Waals surface area contributed by atoms with Gasteiger partial charge in [0.2, 0.25) is 6.79 Å². The van der Waals surface area contributed by atoms with E-state index in [9.17, 15) is 10.2 Å². The van der Waals surface area contributed by atoms with E-state index in [4.69, 9.17) is 9.47 Å². The molecule has 0 spiro atoms. The minimum atomic E-state index is 0.0244. The monoisotopic (exact) mass is 562 g/mol. The molecule has 7 rings (SSSR count). The molecule has 0 amide bonds. The van der Waals surface area contributed by atoms with E-state index in [2.05, 4.69) is 85.0 Å². The van der Waals surface area contributed by atoms with Crippen molar-refractivity contribution in [2.24, 2.45) is 0 Å². The van der Waals surface area contributed by atoms with Crippen LogP contribution in [0.15, 0.2) is 109 Å². The molecular formula is C39H30O4. The van der Waals surface area contributed by atoms with Crippen LogP contribution >= 0.6 is 0 Å². The van der Waals surface area contributed by atoms with Crippen molar-refractivity contribution in [2.75, 3.05) is 6.79 Å². The molecule has 6 aromatic carbocycles. The number of rotatable bonds is 6. The van der Waals surface area contributed by atoms with Crippen LogP contribution in [0.5, 0.6) is 11.5 Å². The van der Waals surface area contributed by atoms with Crippen LogP contribution in [-0.2, 0) is 13.2 Å². The Morgan fingerprint density at radius 2 is 0.930 bits per heavy atom. The van der Waals surface area contributed by atoms with Gasteiger partial charge < -0.3 is 19.7 Å². The minimum Gasteiger partial charge on any atom is -0.456 e. The van der Waals surface area contributed by atoms with E-state index in [0.717, 1.165) is 77.6 Å². The summed E-state index contributed by atoms with van der Waals surface area (Å²) in [5, 5.41) is 23.3. The minimum absolute atomic E-state index is 0.0244. The van der Waals surface area contributed by atoms with Gasteiger partial charge in [0.05, 0.1) is 13.2 Å². The van der Waals surface area contributed by atoms with Gasteiger partial charge in [0.15, 0.2) is 0 Å². The highest BCUT2D eigenvalue weighted by Gasteiger charge is 2.25. The largest absolute Gasteiger partial charge is 0.456 e. The molecule has 0 unspecified atom stereocenters. The molecule has 1 heterocycles. The summed E-state index contributed by atoms with van der Waals surface area (Å²) in [5.41, 5.74) is 7.79. The molecular weight excluding hydrogens is 532 g/mol. The lowest BCUT2D eigenvalue weighted by molar-refractivity contribution is 0.124. The molecule has 210 valence electrons. The molecule has 0 saturated heterocycles. The third-order valence-electron chi connectivity index (χ3n) is 7.95. The molecule has 4 heteroatoms. The van der Waals surface area contributed by atoms with Gasteiger partial charge in [-0.2, -0.15) is 0 Å². The van der Waals surface area contributed by atoms with Gasteiger partial charge >= 0.3 is 0 Å². The lowest BCUT2D eigenvalue weighted by Gasteiger charge is -2.17. The fraction of sp³-hybridized carbons (Fsp3) is 0.0769. The van der Waals surface area contributed by atoms with Gasteiger partial charge in [0.25, 0.3) is 0 Å². The predicted octanol–water partition coefficient (Wildman–Crippen LogP) is 8.71. The maximum atomic E-state index is 9.42. The summed E-state index contributed by atoms with van der Waals surface area (Å²) in [5.74, 6) is 1.57. The first-order chi connectivity index (χ1) is 21.2. The average Bonchev–Trinajstić information content (AvgIpc) is 3.28. The SMILES string of the molecule is OCc1ccc(/C=C\c2cc3ccccc3c3c2OCOc2c(/C=C\c4ccc(CO)cc4)cc4ccccc4c2-3)cc1. The Balaban J connectivity index is 1.44. The maximum Gasteiger partial charge on any atom is 0.231 e. The van der Waals surface area contributed by atoms with E-state index in [1.165, 1.54) is 0 Å². The van der Waals surface area contributed by atoms with Crippen molar-refractivity contribution in [3.63, 3.8) is 0 Å². The molecule has 0 atom stereocenters. The van der Waals surface area contributed by atoms with Gasteiger partial charge in [-0.3, -0.25) is 0 Å². The number of ether oxygens (including phenoxy) is 2. The second-order valence-electron chi connectivity index (χ2n) is 10.7. The summed E-state index contributed by atoms with van der Waals surface area (Å²) in [7, 11) is 0. The third-order valence-corrected chi connectivity index (χ3v) is 7.95. The van der Waals surface area contributed by atoms with Crippen LogP contribution in [0.4, 0.5) is 0 Å². The predicted molar refractivity (Wildman–Crippen MR) is 176 cm³/mol. The molecule has 0 aromatic heterocycles. The van der Waals surface area contributed by atoms with E-state index in [1.54, 1.807) is 0 Å². The van der Waals surface area contributed by atoms with Gasteiger partial charge in [-0.25, -0.2) is 0 Å². The zero-order valence-electron chi connectivity index (χ0n) is 23.5. The molecule has 0 bridgehead atoms. The van der Waals surface area contributed by atoms with Crippen molar-refractivity contribution in [3.8, 4) is 22.6 Å². The number of fused-ring (bicyclic) bond motifs is 7. The molecule has 1 aliphatic heterocycles. The zero-order chi connectivity index (χ0) is 29.2. The number of aliphatic hydroxyl groups is 2. The lowest BCUT2D eigenvalue weighted by atomic mass is 9.88. The van der Waals surface area contributed by atoms with Gasteiger partial charge in [-0.05, 0) is 55.9 Å². The summed E-state index contributed by atoms with van der Waals surface area (Å²) in [6.45, 7) is 0.127. The summed E-state index contributed by atoms with van der Waals surface area (Å²) < 4.78 is 12.9. The van der Waals surface area contributed by atoms with Crippen molar-refractivity contribution in [3.05, 3.63) is 143 Å². The van der Waals surface area contributed by atoms with Crippen LogP contribution in [0.1, 0.15) is 33.4 Å². The fourth-order valence-electron chi connectivity index (χ4n) is 5.74. The Morgan fingerprint density at radius 3 is 1.35 bits per heavy atom. The quantitative estimate of drug-likeness (QED) is 0.199. The van der Waals surface area contributed by atoms with Crippen molar-refractivity contribution in [1.29, 1.82) is 0 Å². The lowest BCUT2D eigenvalue weighted by Crippen LogP contribution is -2.05. The van der Waals surface area contributed by atoms with Crippen molar-refractivity contribution in [1.82, 2.24) is 0 Å². The Hall–Kier alpha value is -5.16. The Kier molecular flexibility index (Phi) is 7.22. The van der Waals surface area contributed by atoms with E-state index < -0.39 is 0 Å². The van der Waals surface area contributed by atoms with Gasteiger partial charge in [0.1, 0.15) is 11.5 Å². The molecule has 0 saturated carbocycles. The van der Waals surface area contributed by atoms with Crippen molar-refractivity contribution >= 4 is 45.8 Å². The summed E-state index contributed by atoms with van der Waals surface area (Å²) >= 11 is 0. The van der Waals surface area contributed by atoms with E-state index >= 15 is 0 Å². The first-order valence-electron chi connectivity index (χ1n) is 14.3. The highest BCUT2D eigenvalue weighted by atomic mass is 16.7. The summed E-state index contributed by atoms with van der Waals surface area (Å²) in [6.07, 6.45) is 8.32. The molecule has 1 aliphatic rings. The molecule has 4 nitrogen and oxygen atoms in total. The van der Waals surface area contributed by atoms with Crippen LogP contribution in [0, 0.1) is 0 Å². The number of aliphatic hydroxyl groups excluding tert-OH is 2. The van der Waals surface area contributed by atoms with E-state index in [0.29, 0.717) is 0 Å². The van der Waals surface area contributed by atoms with Gasteiger partial charge in [-0.15, -0.1) is 0 Å². The number of hydrogen-bond donors (Lipinski definition) is 2. The Labute approximate surface area is 250 Å². The average molecular weight is 563 g/mol. The van der Waals surface area contributed by atoms with Crippen LogP contribution in [0.2, 0.25) is 0 Å². The van der Waals surface area contributed by atoms with Crippen LogP contribution in [-0.4, -0.2) is 17.0 Å². The normalized spacial score (nSPS) is 12.7. The highest BCUT2D eigenvalue weighted by molar-refractivity contribution is 6.12. The van der Waals surface area contributed by atoms with E-state index in [-0.39, 0.29) is 20.0 Å². The number of hydrogen-bond acceptors (Lipinski definition) is 4. The van der Waals surface area contributed by atoms with Crippen molar-refractivity contribution < 1.29 is 19.7 Å². The van der Waals surface area contributed by atoms with E-state index in [1.807, 2.05) is 48.5 Å². The van der Waals surface area contributed by atoms with Crippen molar-refractivity contribution in [2.45, 2.75) is 13.2 Å². The molecule has 0 radical (unpaired) electrons. The Morgan fingerprint density at radius 1 is 0.512 bits per heavy atom. The first-order valence-corrected chi connectivity index (χ1v) is 14.3. The van der Waals surface area contributed by atoms with Crippen LogP contribution < -0.4 is 9.47 Å². The molecule has 2 N–H and O–H groups in total. The smallest absolute Gasteiger partial charge is 0.231 e. The zero-order valence-corrected chi connectivity index (χ0v) is 23.5. The second kappa shape index (κ2) is 11.6. The molecule has 6 aromatic rings. The first kappa shape index (κ1) is 26.7. The molecule has 0 fully saturated rings. The fourth-order valence-corrected chi connectivity index (χ4v) is 5.74.